The number of ether oxygens (including phenoxy) is 2. The van der Waals surface area contributed by atoms with Crippen LogP contribution >= 0.6 is 0 Å². The maximum Gasteiger partial charge on any atom is 0.420 e. The molecule has 1 saturated carbocycles. The number of halogens is 3. The topological polar surface area (TPSA) is 47.6 Å². The second-order valence-corrected chi connectivity index (χ2v) is 5.68. The Morgan fingerprint density at radius 1 is 1.35 bits per heavy atom. The Hall–Kier alpha value is -1.76. The maximum absolute atomic E-state index is 13.0. The molecule has 7 heteroatoms. The van der Waals surface area contributed by atoms with E-state index in [0.717, 1.165) is 18.9 Å². The van der Waals surface area contributed by atoms with E-state index < -0.39 is 23.2 Å². The average Bonchev–Trinajstić information content (AvgIpc) is 3.31. The predicted molar refractivity (Wildman–Crippen MR) is 79.4 cm³/mol. The van der Waals surface area contributed by atoms with Gasteiger partial charge in [-0.1, -0.05) is 0 Å². The van der Waals surface area contributed by atoms with Crippen LogP contribution in [0, 0.1) is 5.92 Å². The van der Waals surface area contributed by atoms with Crippen molar-refractivity contribution in [3.63, 3.8) is 0 Å². The molecule has 0 heterocycles. The number of anilines is 1. The second kappa shape index (κ2) is 6.39. The molecule has 128 valence electrons. The summed E-state index contributed by atoms with van der Waals surface area (Å²) in [6, 6.07) is 3.44. The van der Waals surface area contributed by atoms with Crippen molar-refractivity contribution in [2.24, 2.45) is 5.92 Å². The number of benzene rings is 1. The molecule has 2 rings (SSSR count). The van der Waals surface area contributed by atoms with Crippen molar-refractivity contribution in [1.82, 2.24) is 0 Å². The highest BCUT2D eigenvalue weighted by atomic mass is 19.4. The molecular weight excluding hydrogens is 311 g/mol. The van der Waals surface area contributed by atoms with E-state index in [9.17, 15) is 18.0 Å². The number of carbonyl (C=O) groups excluding carboxylic acids is 1. The normalized spacial score (nSPS) is 17.5. The molecule has 0 unspecified atom stereocenters. The monoisotopic (exact) mass is 331 g/mol. The van der Waals surface area contributed by atoms with Crippen LogP contribution in [-0.4, -0.2) is 25.2 Å². The zero-order valence-corrected chi connectivity index (χ0v) is 13.3. The molecule has 0 saturated heterocycles. The summed E-state index contributed by atoms with van der Waals surface area (Å²) >= 11 is 0. The SMILES string of the molecule is CCO[C@@](C)(C(=O)Nc1ccc(OC)c(C(F)(F)F)c1)C1CC1. The molecule has 4 nitrogen and oxygen atoms in total. The highest BCUT2D eigenvalue weighted by Crippen LogP contribution is 2.43. The van der Waals surface area contributed by atoms with Crippen LogP contribution in [0.25, 0.3) is 0 Å². The van der Waals surface area contributed by atoms with E-state index in [1.54, 1.807) is 13.8 Å². The molecule has 1 fully saturated rings. The van der Waals surface area contributed by atoms with Gasteiger partial charge in [0.1, 0.15) is 11.4 Å². The van der Waals surface area contributed by atoms with Gasteiger partial charge < -0.3 is 14.8 Å². The first-order valence-corrected chi connectivity index (χ1v) is 7.43. The number of methoxy groups -OCH3 is 1. The summed E-state index contributed by atoms with van der Waals surface area (Å²) in [5.41, 5.74) is -1.88. The molecule has 0 bridgehead atoms. The summed E-state index contributed by atoms with van der Waals surface area (Å²) in [4.78, 5) is 12.5. The van der Waals surface area contributed by atoms with Gasteiger partial charge in [-0.3, -0.25) is 4.79 Å². The Bertz CT molecular complexity index is 584. The van der Waals surface area contributed by atoms with E-state index in [4.69, 9.17) is 9.47 Å². The predicted octanol–water partition coefficient (Wildman–Crippen LogP) is 3.86. The van der Waals surface area contributed by atoms with Gasteiger partial charge in [-0.15, -0.1) is 0 Å². The summed E-state index contributed by atoms with van der Waals surface area (Å²) in [5, 5.41) is 2.53. The number of hydrogen-bond donors (Lipinski definition) is 1. The number of carbonyl (C=O) groups is 1. The Balaban J connectivity index is 2.24. The van der Waals surface area contributed by atoms with E-state index in [-0.39, 0.29) is 17.4 Å². The number of amides is 1. The minimum absolute atomic E-state index is 0.0645. The van der Waals surface area contributed by atoms with Crippen LogP contribution in [0.1, 0.15) is 32.3 Å². The Morgan fingerprint density at radius 2 is 2.00 bits per heavy atom. The number of nitrogens with one attached hydrogen (secondary N) is 1. The van der Waals surface area contributed by atoms with Crippen LogP contribution in [0.4, 0.5) is 18.9 Å². The highest BCUT2D eigenvalue weighted by Gasteiger charge is 2.48. The first kappa shape index (κ1) is 17.6. The molecule has 0 aromatic heterocycles. The maximum atomic E-state index is 13.0. The molecule has 1 N–H and O–H groups in total. The van der Waals surface area contributed by atoms with Crippen LogP contribution < -0.4 is 10.1 Å². The lowest BCUT2D eigenvalue weighted by atomic mass is 9.98. The summed E-state index contributed by atoms with van der Waals surface area (Å²) in [6.45, 7) is 3.82. The molecule has 1 amide bonds. The lowest BCUT2D eigenvalue weighted by Crippen LogP contribution is -2.44. The lowest BCUT2D eigenvalue weighted by molar-refractivity contribution is -0.142. The second-order valence-electron chi connectivity index (χ2n) is 5.68. The third-order valence-corrected chi connectivity index (χ3v) is 4.01. The van der Waals surface area contributed by atoms with Gasteiger partial charge in [0.15, 0.2) is 0 Å². The molecule has 1 atom stereocenters. The summed E-state index contributed by atoms with van der Waals surface area (Å²) < 4.78 is 49.4. The Kier molecular flexibility index (Phi) is 4.89. The third-order valence-electron chi connectivity index (χ3n) is 4.01. The average molecular weight is 331 g/mol. The summed E-state index contributed by atoms with van der Waals surface area (Å²) in [5.74, 6) is -0.617. The smallest absolute Gasteiger partial charge is 0.420 e. The molecule has 0 spiro atoms. The molecule has 1 aliphatic carbocycles. The molecule has 1 aliphatic rings. The van der Waals surface area contributed by atoms with Crippen molar-refractivity contribution in [1.29, 1.82) is 0 Å². The van der Waals surface area contributed by atoms with Crippen molar-refractivity contribution in [2.45, 2.75) is 38.5 Å². The van der Waals surface area contributed by atoms with Gasteiger partial charge in [0.2, 0.25) is 0 Å². The van der Waals surface area contributed by atoms with Crippen molar-refractivity contribution >= 4 is 11.6 Å². The highest BCUT2D eigenvalue weighted by molar-refractivity contribution is 5.97. The largest absolute Gasteiger partial charge is 0.496 e. The quantitative estimate of drug-likeness (QED) is 0.861. The Morgan fingerprint density at radius 3 is 2.48 bits per heavy atom. The fraction of sp³-hybridized carbons (Fsp3) is 0.562. The molecule has 1 aromatic carbocycles. The zero-order valence-electron chi connectivity index (χ0n) is 13.3. The summed E-state index contributed by atoms with van der Waals surface area (Å²) in [6.07, 6.45) is -2.81. The zero-order chi connectivity index (χ0) is 17.3. The van der Waals surface area contributed by atoms with Crippen LogP contribution in [0.3, 0.4) is 0 Å². The van der Waals surface area contributed by atoms with Gasteiger partial charge in [-0.25, -0.2) is 0 Å². The van der Waals surface area contributed by atoms with Crippen molar-refractivity contribution in [3.05, 3.63) is 23.8 Å². The molecule has 0 radical (unpaired) electrons. The van der Waals surface area contributed by atoms with Crippen LogP contribution in [-0.2, 0) is 15.7 Å². The fourth-order valence-corrected chi connectivity index (χ4v) is 2.57. The summed E-state index contributed by atoms with van der Waals surface area (Å²) in [7, 11) is 1.17. The number of rotatable bonds is 6. The lowest BCUT2D eigenvalue weighted by Gasteiger charge is -2.28. The van der Waals surface area contributed by atoms with Gasteiger partial charge in [0, 0.05) is 12.3 Å². The van der Waals surface area contributed by atoms with Crippen molar-refractivity contribution < 1.29 is 27.4 Å². The first-order valence-electron chi connectivity index (χ1n) is 7.43. The molecule has 0 aliphatic heterocycles. The van der Waals surface area contributed by atoms with E-state index in [0.29, 0.717) is 6.61 Å². The minimum atomic E-state index is -4.56. The van der Waals surface area contributed by atoms with E-state index in [1.165, 1.54) is 19.2 Å². The molecule has 23 heavy (non-hydrogen) atoms. The van der Waals surface area contributed by atoms with E-state index in [2.05, 4.69) is 5.32 Å². The third kappa shape index (κ3) is 3.77. The first-order chi connectivity index (χ1) is 10.7. The van der Waals surface area contributed by atoms with Crippen LogP contribution in [0.2, 0.25) is 0 Å². The van der Waals surface area contributed by atoms with Crippen molar-refractivity contribution in [2.75, 3.05) is 19.0 Å². The standard InChI is InChI=1S/C16H20F3NO3/c1-4-23-15(2,10-5-6-10)14(21)20-11-7-8-13(22-3)12(9-11)16(17,18)19/h7-10H,4-6H2,1-3H3,(H,20,21)/t15-/m1/s1. The number of alkyl halides is 3. The van der Waals surface area contributed by atoms with E-state index in [1.807, 2.05) is 0 Å². The van der Waals surface area contributed by atoms with Gasteiger partial charge in [-0.2, -0.15) is 13.2 Å². The minimum Gasteiger partial charge on any atom is -0.496 e. The number of hydrogen-bond acceptors (Lipinski definition) is 3. The van der Waals surface area contributed by atoms with Crippen LogP contribution in [0.5, 0.6) is 5.75 Å². The van der Waals surface area contributed by atoms with Gasteiger partial charge >= 0.3 is 6.18 Å². The van der Waals surface area contributed by atoms with Crippen LogP contribution in [0.15, 0.2) is 18.2 Å². The molecular formula is C16H20F3NO3. The Labute approximate surface area is 133 Å². The van der Waals surface area contributed by atoms with Gasteiger partial charge in [0.05, 0.1) is 12.7 Å². The fourth-order valence-electron chi connectivity index (χ4n) is 2.57. The molecule has 1 aromatic rings. The van der Waals surface area contributed by atoms with E-state index >= 15 is 0 Å². The van der Waals surface area contributed by atoms with Gasteiger partial charge in [0.25, 0.3) is 5.91 Å². The van der Waals surface area contributed by atoms with Crippen molar-refractivity contribution in [3.8, 4) is 5.75 Å². The van der Waals surface area contributed by atoms with Gasteiger partial charge in [-0.05, 0) is 50.8 Å².